The Hall–Kier alpha value is -3.68. The van der Waals surface area contributed by atoms with Crippen molar-refractivity contribution in [1.82, 2.24) is 0 Å². The molecule has 1 heterocycles. The molecule has 144 valence electrons. The fraction of sp³-hybridized carbons (Fsp3) is 0.150. The molecule has 0 saturated heterocycles. The summed E-state index contributed by atoms with van der Waals surface area (Å²) < 4.78 is 23.4. The summed E-state index contributed by atoms with van der Waals surface area (Å²) in [5.41, 5.74) is 0.402. The second kappa shape index (κ2) is 7.51. The number of amides is 2. The molecule has 2 amide bonds. The van der Waals surface area contributed by atoms with Crippen molar-refractivity contribution < 1.29 is 33.4 Å². The molecule has 7 nitrogen and oxygen atoms in total. The summed E-state index contributed by atoms with van der Waals surface area (Å²) in [6.07, 6.45) is 0. The number of carbonyl (C=O) groups is 3. The zero-order chi connectivity index (χ0) is 20.4. The molecule has 0 saturated carbocycles. The summed E-state index contributed by atoms with van der Waals surface area (Å²) in [4.78, 5) is 36.6. The van der Waals surface area contributed by atoms with Crippen LogP contribution in [0.1, 0.15) is 18.1 Å². The number of ether oxygens (including phenoxy) is 2. The third kappa shape index (κ3) is 3.44. The van der Waals surface area contributed by atoms with E-state index in [1.807, 2.05) is 0 Å². The van der Waals surface area contributed by atoms with Crippen molar-refractivity contribution >= 4 is 34.8 Å². The first-order valence-electron chi connectivity index (χ1n) is 8.21. The van der Waals surface area contributed by atoms with Gasteiger partial charge in [-0.1, -0.05) is 12.1 Å². The number of esters is 1. The number of anilines is 1. The highest BCUT2D eigenvalue weighted by molar-refractivity contribution is 6.42. The highest BCUT2D eigenvalue weighted by atomic mass is 19.1. The van der Waals surface area contributed by atoms with Gasteiger partial charge < -0.3 is 14.6 Å². The van der Waals surface area contributed by atoms with Crippen LogP contribution in [0.3, 0.4) is 0 Å². The topological polar surface area (TPSA) is 93.1 Å². The van der Waals surface area contributed by atoms with Crippen molar-refractivity contribution in [3.05, 3.63) is 59.4 Å². The molecule has 0 aromatic heterocycles. The van der Waals surface area contributed by atoms with E-state index in [-0.39, 0.29) is 34.7 Å². The standard InChI is InChI=1S/C20H16FNO6/c1-11(23)22-16-9-13(21)6-7-15(16)18(20(22)26)19(25)12-4-3-5-14(8-12)28-10-17(24)27-2/h3-9,25H,10H2,1-2H3/b19-18+. The molecule has 0 bridgehead atoms. The van der Waals surface area contributed by atoms with Gasteiger partial charge in [0, 0.05) is 18.1 Å². The summed E-state index contributed by atoms with van der Waals surface area (Å²) in [7, 11) is 1.23. The Morgan fingerprint density at radius 2 is 1.93 bits per heavy atom. The van der Waals surface area contributed by atoms with Crippen molar-refractivity contribution in [3.63, 3.8) is 0 Å². The molecule has 0 aliphatic carbocycles. The highest BCUT2D eigenvalue weighted by Gasteiger charge is 2.38. The molecule has 3 rings (SSSR count). The zero-order valence-electron chi connectivity index (χ0n) is 15.1. The van der Waals surface area contributed by atoms with Gasteiger partial charge in [-0.3, -0.25) is 9.59 Å². The third-order valence-electron chi connectivity index (χ3n) is 4.13. The van der Waals surface area contributed by atoms with Gasteiger partial charge in [-0.15, -0.1) is 0 Å². The first-order valence-corrected chi connectivity index (χ1v) is 8.21. The van der Waals surface area contributed by atoms with Crippen LogP contribution in [0, 0.1) is 5.82 Å². The van der Waals surface area contributed by atoms with Crippen LogP contribution in [0.25, 0.3) is 11.3 Å². The SMILES string of the molecule is COC(=O)COc1cccc(/C(O)=C2\C(=O)N(C(C)=O)c3cc(F)ccc32)c1. The smallest absolute Gasteiger partial charge is 0.343 e. The number of hydrogen-bond acceptors (Lipinski definition) is 6. The average Bonchev–Trinajstić information content (AvgIpc) is 2.96. The van der Waals surface area contributed by atoms with E-state index < -0.39 is 29.4 Å². The van der Waals surface area contributed by atoms with Crippen LogP contribution in [-0.4, -0.2) is 36.6 Å². The lowest BCUT2D eigenvalue weighted by atomic mass is 10.0. The maximum atomic E-state index is 13.6. The number of aliphatic hydroxyl groups is 1. The summed E-state index contributed by atoms with van der Waals surface area (Å²) in [6.45, 7) is 0.851. The minimum absolute atomic E-state index is 0.0668. The van der Waals surface area contributed by atoms with E-state index in [0.717, 1.165) is 17.0 Å². The number of aliphatic hydroxyl groups excluding tert-OH is 1. The molecular formula is C20H16FNO6. The lowest BCUT2D eigenvalue weighted by molar-refractivity contribution is -0.143. The van der Waals surface area contributed by atoms with Crippen LogP contribution in [0.4, 0.5) is 10.1 Å². The lowest BCUT2D eigenvalue weighted by Gasteiger charge is -2.12. The lowest BCUT2D eigenvalue weighted by Crippen LogP contribution is -2.31. The Kier molecular flexibility index (Phi) is 5.12. The molecule has 2 aromatic rings. The maximum Gasteiger partial charge on any atom is 0.343 e. The molecule has 2 aromatic carbocycles. The van der Waals surface area contributed by atoms with Gasteiger partial charge in [0.05, 0.1) is 18.4 Å². The summed E-state index contributed by atoms with van der Waals surface area (Å²) in [5.74, 6) is -2.68. The minimum atomic E-state index is -0.758. The maximum absolute atomic E-state index is 13.6. The van der Waals surface area contributed by atoms with Crippen LogP contribution >= 0.6 is 0 Å². The van der Waals surface area contributed by atoms with Gasteiger partial charge in [-0.2, -0.15) is 0 Å². The predicted molar refractivity (Wildman–Crippen MR) is 98.0 cm³/mol. The third-order valence-corrected chi connectivity index (χ3v) is 4.13. The van der Waals surface area contributed by atoms with Gasteiger partial charge in [0.1, 0.15) is 17.3 Å². The molecule has 0 spiro atoms. The van der Waals surface area contributed by atoms with Crippen molar-refractivity contribution in [2.45, 2.75) is 6.92 Å². The fourth-order valence-corrected chi connectivity index (χ4v) is 2.86. The van der Waals surface area contributed by atoms with Gasteiger partial charge in [0.25, 0.3) is 5.91 Å². The second-order valence-corrected chi connectivity index (χ2v) is 5.94. The van der Waals surface area contributed by atoms with E-state index in [9.17, 15) is 23.9 Å². The number of halogens is 1. The van der Waals surface area contributed by atoms with Crippen LogP contribution in [0.5, 0.6) is 5.75 Å². The number of rotatable bonds is 4. The molecule has 1 aliphatic rings. The highest BCUT2D eigenvalue weighted by Crippen LogP contribution is 2.40. The van der Waals surface area contributed by atoms with Gasteiger partial charge >= 0.3 is 5.97 Å². The van der Waals surface area contributed by atoms with Crippen molar-refractivity contribution in [2.24, 2.45) is 0 Å². The number of nitrogens with zero attached hydrogens (tertiary/aromatic N) is 1. The normalized spacial score (nSPS) is 14.5. The Labute approximate surface area is 159 Å². The first kappa shape index (κ1) is 19.1. The Balaban J connectivity index is 2.05. The minimum Gasteiger partial charge on any atom is -0.506 e. The van der Waals surface area contributed by atoms with Crippen LogP contribution in [-0.2, 0) is 19.1 Å². The molecular weight excluding hydrogens is 369 g/mol. The van der Waals surface area contributed by atoms with Crippen LogP contribution in [0.2, 0.25) is 0 Å². The summed E-state index contributed by atoms with van der Waals surface area (Å²) in [5, 5.41) is 10.7. The molecule has 0 unspecified atom stereocenters. The molecule has 8 heteroatoms. The van der Waals surface area contributed by atoms with Crippen molar-refractivity contribution in [2.75, 3.05) is 18.6 Å². The largest absolute Gasteiger partial charge is 0.506 e. The van der Waals surface area contributed by atoms with E-state index in [1.165, 1.54) is 32.2 Å². The predicted octanol–water partition coefficient (Wildman–Crippen LogP) is 2.70. The number of hydrogen-bond donors (Lipinski definition) is 1. The zero-order valence-corrected chi connectivity index (χ0v) is 15.1. The first-order chi connectivity index (χ1) is 13.3. The molecule has 1 aliphatic heterocycles. The van der Waals surface area contributed by atoms with Gasteiger partial charge in [-0.05, 0) is 30.3 Å². The molecule has 0 fully saturated rings. The van der Waals surface area contributed by atoms with Crippen molar-refractivity contribution in [1.29, 1.82) is 0 Å². The Bertz CT molecular complexity index is 1010. The number of benzene rings is 2. The second-order valence-electron chi connectivity index (χ2n) is 5.94. The Morgan fingerprint density at radius 1 is 1.18 bits per heavy atom. The fourth-order valence-electron chi connectivity index (χ4n) is 2.86. The number of carbonyl (C=O) groups excluding carboxylic acids is 3. The van der Waals surface area contributed by atoms with E-state index in [1.54, 1.807) is 12.1 Å². The van der Waals surface area contributed by atoms with E-state index >= 15 is 0 Å². The van der Waals surface area contributed by atoms with Crippen LogP contribution < -0.4 is 9.64 Å². The molecule has 0 radical (unpaired) electrons. The molecule has 1 N–H and O–H groups in total. The van der Waals surface area contributed by atoms with E-state index in [0.29, 0.717) is 0 Å². The van der Waals surface area contributed by atoms with E-state index in [4.69, 9.17) is 4.74 Å². The van der Waals surface area contributed by atoms with Gasteiger partial charge in [0.15, 0.2) is 6.61 Å². The molecule has 0 atom stereocenters. The summed E-state index contributed by atoms with van der Waals surface area (Å²) >= 11 is 0. The summed E-state index contributed by atoms with van der Waals surface area (Å²) in [6, 6.07) is 9.61. The van der Waals surface area contributed by atoms with Gasteiger partial charge in [-0.25, -0.2) is 14.1 Å². The van der Waals surface area contributed by atoms with Crippen LogP contribution in [0.15, 0.2) is 42.5 Å². The average molecular weight is 385 g/mol. The number of imide groups is 1. The number of fused-ring (bicyclic) bond motifs is 1. The quantitative estimate of drug-likeness (QED) is 0.494. The van der Waals surface area contributed by atoms with E-state index in [2.05, 4.69) is 4.74 Å². The Morgan fingerprint density at radius 3 is 2.61 bits per heavy atom. The van der Waals surface area contributed by atoms with Gasteiger partial charge in [0.2, 0.25) is 5.91 Å². The molecule has 28 heavy (non-hydrogen) atoms. The monoisotopic (exact) mass is 385 g/mol. The number of methoxy groups -OCH3 is 1. The van der Waals surface area contributed by atoms with Crippen molar-refractivity contribution in [3.8, 4) is 5.75 Å².